The SMILES string of the molecule is C[C@@H]1CNC[C@H]1C(=O)NCCF. The first-order valence-electron chi connectivity index (χ1n) is 4.30. The summed E-state index contributed by atoms with van der Waals surface area (Å²) in [6, 6.07) is 0. The van der Waals surface area contributed by atoms with Gasteiger partial charge in [-0.25, -0.2) is 4.39 Å². The molecule has 0 aromatic rings. The van der Waals surface area contributed by atoms with E-state index in [0.717, 1.165) is 13.1 Å². The summed E-state index contributed by atoms with van der Waals surface area (Å²) in [5, 5.41) is 5.68. The molecule has 2 atom stereocenters. The van der Waals surface area contributed by atoms with Crippen molar-refractivity contribution < 1.29 is 9.18 Å². The van der Waals surface area contributed by atoms with Crippen molar-refractivity contribution in [2.75, 3.05) is 26.3 Å². The van der Waals surface area contributed by atoms with Gasteiger partial charge in [0.25, 0.3) is 0 Å². The van der Waals surface area contributed by atoms with Crippen molar-refractivity contribution in [1.82, 2.24) is 10.6 Å². The summed E-state index contributed by atoms with van der Waals surface area (Å²) in [5.74, 6) is 0.367. The van der Waals surface area contributed by atoms with Crippen molar-refractivity contribution in [3.8, 4) is 0 Å². The second kappa shape index (κ2) is 4.40. The molecule has 3 nitrogen and oxygen atoms in total. The van der Waals surface area contributed by atoms with Crippen molar-refractivity contribution in [3.63, 3.8) is 0 Å². The average molecular weight is 174 g/mol. The van der Waals surface area contributed by atoms with E-state index < -0.39 is 6.67 Å². The molecule has 4 heteroatoms. The summed E-state index contributed by atoms with van der Waals surface area (Å²) in [6.45, 7) is 3.29. The van der Waals surface area contributed by atoms with Crippen molar-refractivity contribution in [1.29, 1.82) is 0 Å². The average Bonchev–Trinajstić information content (AvgIpc) is 2.47. The quantitative estimate of drug-likeness (QED) is 0.628. The van der Waals surface area contributed by atoms with Gasteiger partial charge in [0.1, 0.15) is 6.67 Å². The molecule has 0 bridgehead atoms. The fourth-order valence-corrected chi connectivity index (χ4v) is 1.46. The number of nitrogens with one attached hydrogen (secondary N) is 2. The summed E-state index contributed by atoms with van der Waals surface area (Å²) in [6.07, 6.45) is 0. The molecule has 2 N–H and O–H groups in total. The van der Waals surface area contributed by atoms with Gasteiger partial charge in [0, 0.05) is 13.1 Å². The van der Waals surface area contributed by atoms with E-state index in [1.165, 1.54) is 0 Å². The van der Waals surface area contributed by atoms with Gasteiger partial charge in [0.15, 0.2) is 0 Å². The molecule has 0 saturated carbocycles. The third kappa shape index (κ3) is 2.17. The van der Waals surface area contributed by atoms with E-state index >= 15 is 0 Å². The Bertz CT molecular complexity index is 163. The molecular weight excluding hydrogens is 159 g/mol. The fourth-order valence-electron chi connectivity index (χ4n) is 1.46. The molecule has 1 rings (SSSR count). The predicted molar refractivity (Wildman–Crippen MR) is 44.5 cm³/mol. The molecule has 0 unspecified atom stereocenters. The first-order valence-corrected chi connectivity index (χ1v) is 4.30. The summed E-state index contributed by atoms with van der Waals surface area (Å²) in [5.41, 5.74) is 0. The Labute approximate surface area is 71.7 Å². The Hall–Kier alpha value is -0.640. The zero-order chi connectivity index (χ0) is 8.97. The number of alkyl halides is 1. The number of hydrogen-bond donors (Lipinski definition) is 2. The minimum atomic E-state index is -0.486. The Balaban J connectivity index is 2.30. The predicted octanol–water partition coefficient (Wildman–Crippen LogP) is -0.0724. The molecule has 1 heterocycles. The maximum atomic E-state index is 11.7. The largest absolute Gasteiger partial charge is 0.353 e. The molecule has 70 valence electrons. The van der Waals surface area contributed by atoms with Gasteiger partial charge in [-0.05, 0) is 12.5 Å². The molecule has 1 amide bonds. The van der Waals surface area contributed by atoms with Crippen LogP contribution in [0.15, 0.2) is 0 Å². The lowest BCUT2D eigenvalue weighted by Crippen LogP contribution is -2.35. The molecule has 0 aliphatic carbocycles. The monoisotopic (exact) mass is 174 g/mol. The number of rotatable bonds is 3. The second-order valence-corrected chi connectivity index (χ2v) is 3.22. The van der Waals surface area contributed by atoms with Crippen LogP contribution in [0.5, 0.6) is 0 Å². The molecule has 1 fully saturated rings. The maximum absolute atomic E-state index is 11.7. The molecule has 0 aromatic heterocycles. The number of amides is 1. The third-order valence-corrected chi connectivity index (χ3v) is 2.25. The highest BCUT2D eigenvalue weighted by atomic mass is 19.1. The van der Waals surface area contributed by atoms with Gasteiger partial charge in [-0.3, -0.25) is 4.79 Å². The summed E-state index contributed by atoms with van der Waals surface area (Å²) < 4.78 is 11.7. The number of halogens is 1. The van der Waals surface area contributed by atoms with Crippen LogP contribution in [-0.2, 0) is 4.79 Å². The number of carbonyl (C=O) groups is 1. The van der Waals surface area contributed by atoms with E-state index in [1.807, 2.05) is 6.92 Å². The van der Waals surface area contributed by atoms with Gasteiger partial charge in [-0.15, -0.1) is 0 Å². The number of hydrogen-bond acceptors (Lipinski definition) is 2. The summed E-state index contributed by atoms with van der Waals surface area (Å²) in [7, 11) is 0. The van der Waals surface area contributed by atoms with E-state index in [0.29, 0.717) is 5.92 Å². The van der Waals surface area contributed by atoms with Crippen LogP contribution in [0.4, 0.5) is 4.39 Å². The highest BCUT2D eigenvalue weighted by Crippen LogP contribution is 2.15. The van der Waals surface area contributed by atoms with Gasteiger partial charge in [0.05, 0.1) is 5.92 Å². The molecule has 1 aliphatic rings. The van der Waals surface area contributed by atoms with Crippen LogP contribution in [0.3, 0.4) is 0 Å². The lowest BCUT2D eigenvalue weighted by atomic mass is 9.97. The molecular formula is C8H15FN2O. The topological polar surface area (TPSA) is 41.1 Å². The van der Waals surface area contributed by atoms with E-state index in [-0.39, 0.29) is 18.4 Å². The van der Waals surface area contributed by atoms with Crippen molar-refractivity contribution in [3.05, 3.63) is 0 Å². The molecule has 0 spiro atoms. The molecule has 0 radical (unpaired) electrons. The third-order valence-electron chi connectivity index (χ3n) is 2.25. The van der Waals surface area contributed by atoms with Crippen molar-refractivity contribution in [2.45, 2.75) is 6.92 Å². The van der Waals surface area contributed by atoms with Crippen molar-refractivity contribution >= 4 is 5.91 Å². The smallest absolute Gasteiger partial charge is 0.224 e. The van der Waals surface area contributed by atoms with E-state index in [1.54, 1.807) is 0 Å². The van der Waals surface area contributed by atoms with Crippen LogP contribution in [0.2, 0.25) is 0 Å². The van der Waals surface area contributed by atoms with E-state index in [4.69, 9.17) is 0 Å². The molecule has 12 heavy (non-hydrogen) atoms. The van der Waals surface area contributed by atoms with Crippen LogP contribution in [-0.4, -0.2) is 32.2 Å². The Kier molecular flexibility index (Phi) is 3.47. The van der Waals surface area contributed by atoms with Gasteiger partial charge < -0.3 is 10.6 Å². The lowest BCUT2D eigenvalue weighted by molar-refractivity contribution is -0.125. The van der Waals surface area contributed by atoms with Gasteiger partial charge >= 0.3 is 0 Å². The van der Waals surface area contributed by atoms with Gasteiger partial charge in [0.2, 0.25) is 5.91 Å². The first-order chi connectivity index (χ1) is 5.75. The lowest BCUT2D eigenvalue weighted by Gasteiger charge is -2.12. The highest BCUT2D eigenvalue weighted by molar-refractivity contribution is 5.79. The van der Waals surface area contributed by atoms with Crippen molar-refractivity contribution in [2.24, 2.45) is 11.8 Å². The fraction of sp³-hybridized carbons (Fsp3) is 0.875. The molecule has 0 aromatic carbocycles. The standard InChI is InChI=1S/C8H15FN2O/c1-6-4-10-5-7(6)8(12)11-3-2-9/h6-7,10H,2-5H2,1H3,(H,11,12)/t6-,7-/m1/s1. The van der Waals surface area contributed by atoms with Gasteiger partial charge in [-0.1, -0.05) is 6.92 Å². The van der Waals surface area contributed by atoms with Gasteiger partial charge in [-0.2, -0.15) is 0 Å². The molecule has 1 aliphatic heterocycles. The summed E-state index contributed by atoms with van der Waals surface area (Å²) in [4.78, 5) is 11.3. The minimum Gasteiger partial charge on any atom is -0.353 e. The van der Waals surface area contributed by atoms with Crippen LogP contribution in [0, 0.1) is 11.8 Å². The van der Waals surface area contributed by atoms with E-state index in [9.17, 15) is 9.18 Å². The van der Waals surface area contributed by atoms with E-state index in [2.05, 4.69) is 10.6 Å². The zero-order valence-corrected chi connectivity index (χ0v) is 7.27. The highest BCUT2D eigenvalue weighted by Gasteiger charge is 2.28. The second-order valence-electron chi connectivity index (χ2n) is 3.22. The van der Waals surface area contributed by atoms with Crippen LogP contribution < -0.4 is 10.6 Å². The summed E-state index contributed by atoms with van der Waals surface area (Å²) >= 11 is 0. The van der Waals surface area contributed by atoms with Crippen LogP contribution in [0.25, 0.3) is 0 Å². The maximum Gasteiger partial charge on any atom is 0.224 e. The first kappa shape index (κ1) is 9.45. The Morgan fingerprint density at radius 1 is 1.67 bits per heavy atom. The Morgan fingerprint density at radius 3 is 2.92 bits per heavy atom. The van der Waals surface area contributed by atoms with Crippen LogP contribution in [0.1, 0.15) is 6.92 Å². The zero-order valence-electron chi connectivity index (χ0n) is 7.27. The number of carbonyl (C=O) groups excluding carboxylic acids is 1. The van der Waals surface area contributed by atoms with Crippen LogP contribution >= 0.6 is 0 Å². The minimum absolute atomic E-state index is 0.0230. The normalized spacial score (nSPS) is 28.8. The Morgan fingerprint density at radius 2 is 2.42 bits per heavy atom. The molecule has 1 saturated heterocycles.